The van der Waals surface area contributed by atoms with Gasteiger partial charge in [0.15, 0.2) is 0 Å². The van der Waals surface area contributed by atoms with Crippen LogP contribution < -0.4 is 4.74 Å². The van der Waals surface area contributed by atoms with E-state index in [0.29, 0.717) is 6.61 Å². The van der Waals surface area contributed by atoms with Crippen molar-refractivity contribution in [1.82, 2.24) is 9.78 Å². The Morgan fingerprint density at radius 2 is 1.71 bits per heavy atom. The van der Waals surface area contributed by atoms with Crippen molar-refractivity contribution >= 4 is 0 Å². The Morgan fingerprint density at radius 1 is 1.10 bits per heavy atom. The van der Waals surface area contributed by atoms with Gasteiger partial charge in [0.25, 0.3) is 0 Å². The molecule has 21 heavy (non-hydrogen) atoms. The predicted molar refractivity (Wildman–Crippen MR) is 87.1 cm³/mol. The van der Waals surface area contributed by atoms with E-state index in [1.807, 2.05) is 19.1 Å². The van der Waals surface area contributed by atoms with Gasteiger partial charge in [-0.25, -0.2) is 0 Å². The molecule has 1 aromatic heterocycles. The zero-order valence-corrected chi connectivity index (χ0v) is 14.0. The van der Waals surface area contributed by atoms with Crippen LogP contribution in [0.15, 0.2) is 24.3 Å². The molecule has 3 nitrogen and oxygen atoms in total. The third-order valence-electron chi connectivity index (χ3n) is 3.70. The monoisotopic (exact) mass is 286 g/mol. The van der Waals surface area contributed by atoms with Gasteiger partial charge in [0.1, 0.15) is 5.75 Å². The average Bonchev–Trinajstić information content (AvgIpc) is 2.66. The molecule has 0 fully saturated rings. The molecule has 0 radical (unpaired) electrons. The van der Waals surface area contributed by atoms with Gasteiger partial charge in [0, 0.05) is 11.3 Å². The van der Waals surface area contributed by atoms with Crippen molar-refractivity contribution in [3.05, 3.63) is 46.8 Å². The van der Waals surface area contributed by atoms with E-state index in [4.69, 9.17) is 9.84 Å². The molecule has 0 amide bonds. The van der Waals surface area contributed by atoms with Crippen LogP contribution in [0.4, 0.5) is 0 Å². The largest absolute Gasteiger partial charge is 0.494 e. The van der Waals surface area contributed by atoms with Gasteiger partial charge >= 0.3 is 0 Å². The van der Waals surface area contributed by atoms with Crippen LogP contribution in [0.3, 0.4) is 0 Å². The summed E-state index contributed by atoms with van der Waals surface area (Å²) in [6.45, 7) is 14.5. The lowest BCUT2D eigenvalue weighted by Gasteiger charge is -2.19. The maximum Gasteiger partial charge on any atom is 0.119 e. The summed E-state index contributed by atoms with van der Waals surface area (Å²) < 4.78 is 7.58. The summed E-state index contributed by atoms with van der Waals surface area (Å²) in [4.78, 5) is 0. The molecular formula is C18H26N2O. The number of aryl methyl sites for hydroxylation is 1. The second-order valence-electron chi connectivity index (χ2n) is 6.53. The van der Waals surface area contributed by atoms with Crippen molar-refractivity contribution in [2.24, 2.45) is 0 Å². The molecule has 0 N–H and O–H groups in total. The number of rotatable bonds is 4. The number of ether oxygens (including phenoxy) is 1. The van der Waals surface area contributed by atoms with Gasteiger partial charge in [0.05, 0.1) is 18.8 Å². The fraction of sp³-hybridized carbons (Fsp3) is 0.500. The predicted octanol–water partition coefficient (Wildman–Crippen LogP) is 4.24. The molecule has 0 aliphatic carbocycles. The SMILES string of the molecule is CCOc1ccc(Cn2nc(C)c(C(C)(C)C)c2C)cc1. The van der Waals surface area contributed by atoms with E-state index in [1.165, 1.54) is 16.8 Å². The second-order valence-corrected chi connectivity index (χ2v) is 6.53. The minimum Gasteiger partial charge on any atom is -0.494 e. The standard InChI is InChI=1S/C18H26N2O/c1-7-21-16-10-8-15(9-11-16)12-20-14(3)17(13(2)19-20)18(4,5)6/h8-11H,7,12H2,1-6H3. The lowest BCUT2D eigenvalue weighted by atomic mass is 9.85. The minimum absolute atomic E-state index is 0.130. The molecule has 0 saturated carbocycles. The Hall–Kier alpha value is -1.77. The Morgan fingerprint density at radius 3 is 2.19 bits per heavy atom. The van der Waals surface area contributed by atoms with Crippen molar-refractivity contribution in [2.75, 3.05) is 6.61 Å². The summed E-state index contributed by atoms with van der Waals surface area (Å²) in [5.74, 6) is 0.921. The first kappa shape index (κ1) is 15.6. The highest BCUT2D eigenvalue weighted by molar-refractivity contribution is 5.33. The van der Waals surface area contributed by atoms with Gasteiger partial charge in [-0.15, -0.1) is 0 Å². The molecule has 1 heterocycles. The Balaban J connectivity index is 2.24. The van der Waals surface area contributed by atoms with Crippen LogP contribution in [0.2, 0.25) is 0 Å². The molecule has 2 aromatic rings. The fourth-order valence-electron chi connectivity index (χ4n) is 2.97. The lowest BCUT2D eigenvalue weighted by molar-refractivity contribution is 0.340. The highest BCUT2D eigenvalue weighted by atomic mass is 16.5. The first-order chi connectivity index (χ1) is 9.82. The number of benzene rings is 1. The molecule has 0 bridgehead atoms. The van der Waals surface area contributed by atoms with E-state index in [1.54, 1.807) is 0 Å². The van der Waals surface area contributed by atoms with E-state index in [2.05, 4.69) is 51.4 Å². The van der Waals surface area contributed by atoms with Crippen molar-refractivity contribution in [1.29, 1.82) is 0 Å². The molecule has 0 unspecified atom stereocenters. The van der Waals surface area contributed by atoms with E-state index in [0.717, 1.165) is 18.0 Å². The zero-order chi connectivity index (χ0) is 15.6. The van der Waals surface area contributed by atoms with Gasteiger partial charge in [-0.2, -0.15) is 5.10 Å². The first-order valence-corrected chi connectivity index (χ1v) is 7.59. The van der Waals surface area contributed by atoms with E-state index in [-0.39, 0.29) is 5.41 Å². The number of aromatic nitrogens is 2. The van der Waals surface area contributed by atoms with E-state index >= 15 is 0 Å². The summed E-state index contributed by atoms with van der Waals surface area (Å²) in [6, 6.07) is 8.26. The van der Waals surface area contributed by atoms with Gasteiger partial charge in [-0.05, 0) is 43.9 Å². The molecule has 0 aliphatic heterocycles. The van der Waals surface area contributed by atoms with Gasteiger partial charge < -0.3 is 4.74 Å². The minimum atomic E-state index is 0.130. The summed E-state index contributed by atoms with van der Waals surface area (Å²) in [5, 5.41) is 4.72. The Labute approximate surface area is 127 Å². The Kier molecular flexibility index (Phi) is 4.40. The van der Waals surface area contributed by atoms with Crippen LogP contribution in [0.1, 0.15) is 50.2 Å². The molecule has 0 atom stereocenters. The van der Waals surface area contributed by atoms with Crippen LogP contribution >= 0.6 is 0 Å². The van der Waals surface area contributed by atoms with Crippen molar-refractivity contribution in [3.63, 3.8) is 0 Å². The normalized spacial score (nSPS) is 11.7. The Bertz CT molecular complexity index is 603. The maximum absolute atomic E-state index is 5.48. The zero-order valence-electron chi connectivity index (χ0n) is 14.0. The van der Waals surface area contributed by atoms with E-state index in [9.17, 15) is 0 Å². The molecule has 114 valence electrons. The summed E-state index contributed by atoms with van der Waals surface area (Å²) in [5.41, 5.74) is 5.11. The second kappa shape index (κ2) is 5.92. The van der Waals surface area contributed by atoms with Crippen molar-refractivity contribution < 1.29 is 4.74 Å². The number of nitrogens with zero attached hydrogens (tertiary/aromatic N) is 2. The van der Waals surface area contributed by atoms with Crippen molar-refractivity contribution in [2.45, 2.75) is 53.5 Å². The highest BCUT2D eigenvalue weighted by Gasteiger charge is 2.23. The van der Waals surface area contributed by atoms with Crippen LogP contribution in [0.25, 0.3) is 0 Å². The topological polar surface area (TPSA) is 27.1 Å². The van der Waals surface area contributed by atoms with E-state index < -0.39 is 0 Å². The number of hydrogen-bond acceptors (Lipinski definition) is 2. The van der Waals surface area contributed by atoms with Crippen LogP contribution in [-0.2, 0) is 12.0 Å². The molecule has 0 aliphatic rings. The maximum atomic E-state index is 5.48. The molecular weight excluding hydrogens is 260 g/mol. The molecule has 1 aromatic carbocycles. The average molecular weight is 286 g/mol. The quantitative estimate of drug-likeness (QED) is 0.840. The summed E-state index contributed by atoms with van der Waals surface area (Å²) in [6.07, 6.45) is 0. The molecule has 0 saturated heterocycles. The fourth-order valence-corrected chi connectivity index (χ4v) is 2.97. The van der Waals surface area contributed by atoms with Gasteiger partial charge in [-0.3, -0.25) is 4.68 Å². The van der Waals surface area contributed by atoms with Gasteiger partial charge in [-0.1, -0.05) is 32.9 Å². The van der Waals surface area contributed by atoms with Gasteiger partial charge in [0.2, 0.25) is 0 Å². The smallest absolute Gasteiger partial charge is 0.119 e. The lowest BCUT2D eigenvalue weighted by Crippen LogP contribution is -2.14. The molecule has 0 spiro atoms. The van der Waals surface area contributed by atoms with Crippen molar-refractivity contribution in [3.8, 4) is 5.75 Å². The third-order valence-corrected chi connectivity index (χ3v) is 3.70. The third kappa shape index (κ3) is 3.46. The van der Waals surface area contributed by atoms with Crippen LogP contribution in [0.5, 0.6) is 5.75 Å². The summed E-state index contributed by atoms with van der Waals surface area (Å²) >= 11 is 0. The number of hydrogen-bond donors (Lipinski definition) is 0. The molecule has 2 rings (SSSR count). The van der Waals surface area contributed by atoms with Crippen LogP contribution in [0, 0.1) is 13.8 Å². The van der Waals surface area contributed by atoms with Crippen LogP contribution in [-0.4, -0.2) is 16.4 Å². The molecule has 3 heteroatoms. The summed E-state index contributed by atoms with van der Waals surface area (Å²) in [7, 11) is 0. The highest BCUT2D eigenvalue weighted by Crippen LogP contribution is 2.28. The first-order valence-electron chi connectivity index (χ1n) is 7.59.